The van der Waals surface area contributed by atoms with Crippen LogP contribution in [0.3, 0.4) is 0 Å². The average molecular weight is 1130 g/mol. The van der Waals surface area contributed by atoms with Crippen LogP contribution in [0.2, 0.25) is 20.1 Å². The highest BCUT2D eigenvalue weighted by Gasteiger charge is 2.30. The maximum absolute atomic E-state index is 13.5. The van der Waals surface area contributed by atoms with Gasteiger partial charge in [-0.15, -0.1) is 0 Å². The zero-order valence-electron chi connectivity index (χ0n) is 39.9. The highest BCUT2D eigenvalue weighted by molar-refractivity contribution is 8.24. The molecule has 6 N–H and O–H groups in total. The topological polar surface area (TPSA) is 220 Å². The Kier molecular flexibility index (Phi) is 17.5. The first kappa shape index (κ1) is 54.4. The van der Waals surface area contributed by atoms with Crippen molar-refractivity contribution >= 4 is 79.4 Å². The quantitative estimate of drug-likeness (QED) is 0.0340. The molecule has 2 aliphatic heterocycles. The predicted octanol–water partition coefficient (Wildman–Crippen LogP) is 9.87. The molecule has 2 aliphatic rings. The molecule has 0 atom stereocenters. The van der Waals surface area contributed by atoms with Gasteiger partial charge >= 0.3 is 5.09 Å². The Labute approximate surface area is 449 Å². The summed E-state index contributed by atoms with van der Waals surface area (Å²) in [6.07, 6.45) is 0.459. The van der Waals surface area contributed by atoms with Crippen LogP contribution in [-0.4, -0.2) is 127 Å². The van der Waals surface area contributed by atoms with Crippen LogP contribution in [0.5, 0.6) is 0 Å². The maximum atomic E-state index is 13.5. The minimum absolute atomic E-state index is 0.0268. The second-order valence-electron chi connectivity index (χ2n) is 17.1. The van der Waals surface area contributed by atoms with Gasteiger partial charge in [-0.2, -0.15) is 41.1 Å². The Morgan fingerprint density at radius 2 is 0.973 bits per heavy atom. The van der Waals surface area contributed by atoms with Crippen molar-refractivity contribution < 1.29 is 42.6 Å². The zero-order chi connectivity index (χ0) is 52.7. The molecule has 2 fully saturated rings. The van der Waals surface area contributed by atoms with Gasteiger partial charge in [0, 0.05) is 69.6 Å². The van der Waals surface area contributed by atoms with Crippen molar-refractivity contribution in [2.75, 3.05) is 62.4 Å². The number of nitrogens with zero attached hydrogens (tertiary/aromatic N) is 7. The number of amides is 2. The number of carbonyl (C=O) groups excluding carboxylic acids is 2. The number of carbonyl (C=O) groups is 2. The lowest BCUT2D eigenvalue weighted by molar-refractivity contribution is -0.981. The van der Waals surface area contributed by atoms with Crippen molar-refractivity contribution in [3.63, 3.8) is 0 Å². The summed E-state index contributed by atoms with van der Waals surface area (Å²) < 4.78 is 43.2. The van der Waals surface area contributed by atoms with Crippen molar-refractivity contribution in [2.24, 2.45) is 0 Å². The van der Waals surface area contributed by atoms with Crippen molar-refractivity contribution in [1.82, 2.24) is 40.4 Å². The van der Waals surface area contributed by atoms with Gasteiger partial charge in [-0.3, -0.25) is 38.7 Å². The summed E-state index contributed by atoms with van der Waals surface area (Å²) in [4.78, 5) is 49.5. The van der Waals surface area contributed by atoms with E-state index in [2.05, 4.69) is 44.7 Å². The highest BCUT2D eigenvalue weighted by Crippen LogP contribution is 2.41. The third kappa shape index (κ3) is 13.5. The van der Waals surface area contributed by atoms with E-state index in [1.54, 1.807) is 69.6 Å². The van der Waals surface area contributed by atoms with Crippen LogP contribution in [0, 0.1) is 42.4 Å². The molecule has 6 aromatic rings. The Hall–Kier alpha value is -5.82. The van der Waals surface area contributed by atoms with Crippen molar-refractivity contribution in [1.29, 1.82) is 0 Å². The Bertz CT molecular complexity index is 2990. The third-order valence-corrected chi connectivity index (χ3v) is 16.3. The second kappa shape index (κ2) is 23.8. The summed E-state index contributed by atoms with van der Waals surface area (Å²) in [6.45, 7) is 4.68. The van der Waals surface area contributed by atoms with Crippen molar-refractivity contribution in [2.45, 2.75) is 26.7 Å². The Morgan fingerprint density at radius 1 is 0.608 bits per heavy atom. The molecule has 0 saturated carbocycles. The van der Waals surface area contributed by atoms with Crippen LogP contribution in [0.15, 0.2) is 84.9 Å². The Morgan fingerprint density at radius 3 is 1.32 bits per heavy atom. The van der Waals surface area contributed by atoms with Gasteiger partial charge in [0.1, 0.15) is 4.91 Å². The number of hydrogen-bond acceptors (Lipinski definition) is 13. The van der Waals surface area contributed by atoms with Gasteiger partial charge in [0.25, 0.3) is 11.8 Å². The maximum Gasteiger partial charge on any atom is 0.477 e. The second-order valence-corrected chi connectivity index (χ2v) is 23.6. The number of hydrazine groups is 2. The van der Waals surface area contributed by atoms with E-state index in [4.69, 9.17) is 56.1 Å². The molecule has 388 valence electrons. The molecule has 18 nitrogen and oxygen atoms in total. The van der Waals surface area contributed by atoms with E-state index >= 15 is 0 Å². The summed E-state index contributed by atoms with van der Waals surface area (Å²) in [6, 6.07) is 24.7. The van der Waals surface area contributed by atoms with E-state index in [1.165, 1.54) is 0 Å². The van der Waals surface area contributed by atoms with Crippen LogP contribution in [0.25, 0.3) is 33.9 Å². The van der Waals surface area contributed by atoms with Gasteiger partial charge in [-0.1, -0.05) is 94.4 Å². The number of rotatable bonds is 14. The van der Waals surface area contributed by atoms with Gasteiger partial charge < -0.3 is 0 Å². The van der Waals surface area contributed by atoms with Crippen LogP contribution in [0.1, 0.15) is 56.1 Å². The van der Waals surface area contributed by atoms with E-state index in [0.29, 0.717) is 65.1 Å². The van der Waals surface area contributed by atoms with Gasteiger partial charge in [-0.05, 0) is 74.5 Å². The lowest BCUT2D eigenvalue weighted by Gasteiger charge is -2.40. The predicted molar refractivity (Wildman–Crippen MR) is 289 cm³/mol. The molecular formula is C50H50Cl4N9O9S2+. The lowest BCUT2D eigenvalue weighted by Crippen LogP contribution is -2.49. The smallest absolute Gasteiger partial charge is 0.299 e. The molecule has 0 aliphatic carbocycles. The molecule has 4 heterocycles. The standard InChI is InChI=1S/C50H49Cl4N9O9S2/c1-33-45(49(64)57-59-21-27-73(67,68)28-22-59)55-61(43-19-17-39(51)31-41(43)53)47(33)37-13-9-35(10-14-37)7-3-5-25-71-63(66)72-26-6-4-8-36-11-15-38(16-12-36)48-34(2)46(50(65)58-60-23-29-74(69,70)30-24-60)56-62(48)44-20-18-40(52)32-42(44)54/h9-20,31-32H,5-6,21-30H2,1-2H3,(H5-,57,58,64,65,67,68,69,70)/p+1. The molecule has 0 spiro atoms. The normalized spacial score (nSPS) is 16.1. The largest absolute Gasteiger partial charge is 0.477 e. The van der Waals surface area contributed by atoms with Gasteiger partial charge in [0.2, 0.25) is 0 Å². The summed E-state index contributed by atoms with van der Waals surface area (Å²) >= 11 is 25.6. The van der Waals surface area contributed by atoms with Crippen LogP contribution in [0.4, 0.5) is 0 Å². The highest BCUT2D eigenvalue weighted by atomic mass is 35.5. The van der Waals surface area contributed by atoms with Crippen LogP contribution < -0.4 is 10.9 Å². The SMILES string of the molecule is Cc1c(C(=O)NN2CCS(O)(O)CC2)nn(-c2ccc(Cl)cc2Cl)c1-c1ccc(C#CCCO[N+](=O)OCCC#Cc2ccc(-c3c(C)c(C(=O)NN4CCS(O)(O)CC4)nn3-c3ccc(Cl)cc3Cl)cc2)cc1. The van der Waals surface area contributed by atoms with Crippen LogP contribution in [-0.2, 0) is 9.68 Å². The first-order chi connectivity index (χ1) is 35.3. The summed E-state index contributed by atoms with van der Waals surface area (Å²) in [7, 11) is -5.29. The fourth-order valence-electron chi connectivity index (χ4n) is 7.96. The van der Waals surface area contributed by atoms with E-state index in [1.807, 2.05) is 48.5 Å². The number of hydrogen-bond donors (Lipinski definition) is 6. The summed E-state index contributed by atoms with van der Waals surface area (Å²) in [5, 5.41) is 14.2. The molecule has 74 heavy (non-hydrogen) atoms. The lowest BCUT2D eigenvalue weighted by atomic mass is 10.0. The minimum Gasteiger partial charge on any atom is -0.299 e. The van der Waals surface area contributed by atoms with Crippen LogP contribution >= 0.6 is 67.6 Å². The average Bonchev–Trinajstić information content (AvgIpc) is 3.89. The molecule has 8 rings (SSSR count). The number of nitrogens with one attached hydrogen (secondary N) is 2. The monoisotopic (exact) mass is 1120 g/mol. The number of halogens is 4. The van der Waals surface area contributed by atoms with Gasteiger partial charge in [0.05, 0.1) is 68.7 Å². The molecule has 2 saturated heterocycles. The summed E-state index contributed by atoms with van der Waals surface area (Å²) in [5.74, 6) is 11.9. The molecule has 0 unspecified atom stereocenters. The van der Waals surface area contributed by atoms with Gasteiger partial charge in [-0.25, -0.2) is 19.4 Å². The molecule has 2 amide bonds. The molecule has 0 radical (unpaired) electrons. The number of aromatic nitrogens is 4. The molecule has 4 aromatic carbocycles. The number of benzene rings is 4. The molecule has 24 heteroatoms. The first-order valence-corrected chi connectivity index (χ1v) is 28.2. The fraction of sp³-hybridized carbons (Fsp3) is 0.280. The molecular weight excluding hydrogens is 1080 g/mol. The summed E-state index contributed by atoms with van der Waals surface area (Å²) in [5.41, 5.74) is 12.3. The van der Waals surface area contributed by atoms with Gasteiger partial charge in [0.15, 0.2) is 24.6 Å². The van der Waals surface area contributed by atoms with E-state index in [-0.39, 0.29) is 91.7 Å². The minimum atomic E-state index is -2.65. The van der Waals surface area contributed by atoms with E-state index in [9.17, 15) is 32.7 Å². The Balaban J connectivity index is 0.833. The van der Waals surface area contributed by atoms with E-state index < -0.39 is 33.0 Å². The third-order valence-electron chi connectivity index (χ3n) is 11.9. The first-order valence-electron chi connectivity index (χ1n) is 23.0. The fourth-order valence-corrected chi connectivity index (χ4v) is 11.4. The zero-order valence-corrected chi connectivity index (χ0v) is 44.5. The van der Waals surface area contributed by atoms with Crippen molar-refractivity contribution in [3.05, 3.63) is 144 Å². The van der Waals surface area contributed by atoms with E-state index in [0.717, 1.165) is 11.1 Å². The van der Waals surface area contributed by atoms with Crippen molar-refractivity contribution in [3.8, 4) is 57.6 Å². The molecule has 2 aromatic heterocycles. The molecule has 0 bridgehead atoms.